The molecule has 0 spiro atoms. The molecule has 0 bridgehead atoms. The number of ether oxygens (including phenoxy) is 14. The minimum atomic E-state index is -4.45. The van der Waals surface area contributed by atoms with Crippen LogP contribution in [0.25, 0.3) is 0 Å². The van der Waals surface area contributed by atoms with E-state index >= 15 is 0 Å². The Hall–Kier alpha value is -7.84. The normalized spacial score (nSPS) is 15.2. The van der Waals surface area contributed by atoms with Crippen LogP contribution in [-0.4, -0.2) is 505 Å². The van der Waals surface area contributed by atoms with Crippen molar-refractivity contribution >= 4 is 78.6 Å². The predicted octanol–water partition coefficient (Wildman–Crippen LogP) is -7.03. The third-order valence-electron chi connectivity index (χ3n) is 21.4. The van der Waals surface area contributed by atoms with E-state index in [1.165, 1.54) is 17.1 Å². The second-order valence-corrected chi connectivity index (χ2v) is 36.4. The summed E-state index contributed by atoms with van der Waals surface area (Å²) in [5.74, 6) is -6.49. The van der Waals surface area contributed by atoms with Crippen molar-refractivity contribution in [1.29, 1.82) is 0 Å². The second kappa shape index (κ2) is 83.8. The van der Waals surface area contributed by atoms with E-state index in [0.717, 1.165) is 4.90 Å². The molecule has 0 aromatic heterocycles. The number of carbonyl (C=O) groups is 11. The van der Waals surface area contributed by atoms with Crippen LogP contribution in [0.5, 0.6) is 0 Å². The first kappa shape index (κ1) is 134. The van der Waals surface area contributed by atoms with E-state index in [2.05, 4.69) is 47.9 Å². The number of quaternary nitrogens is 1. The molecule has 844 valence electrons. The number of aliphatic hydroxyl groups excluding tert-OH is 11. The summed E-state index contributed by atoms with van der Waals surface area (Å²) in [6, 6.07) is 0.373. The lowest BCUT2D eigenvalue weighted by Gasteiger charge is -2.33. The number of nitrogens with one attached hydrogen (secondary N) is 9. The highest BCUT2D eigenvalue weighted by Gasteiger charge is 2.37. The molecule has 146 heavy (non-hydrogen) atoms. The molecule has 1 aliphatic heterocycles. The highest BCUT2D eigenvalue weighted by Crippen LogP contribution is 2.43. The molecule has 1 aliphatic rings. The number of nitrogens with zero attached hydrogens (tertiary/aromatic N) is 3. The molecule has 53 nitrogen and oxygen atoms in total. The van der Waals surface area contributed by atoms with Crippen LogP contribution in [0.4, 0.5) is 10.5 Å². The van der Waals surface area contributed by atoms with Crippen molar-refractivity contribution in [3.63, 3.8) is 0 Å². The minimum Gasteiger partial charge on any atom is -0.394 e. The Kier molecular flexibility index (Phi) is 77.1. The lowest BCUT2D eigenvalue weighted by atomic mass is 10.00. The first-order valence-corrected chi connectivity index (χ1v) is 50.9. The molecule has 1 unspecified atom stereocenters. The fraction of sp³-hybridized carbons (Fsp3) is 0.793. The summed E-state index contributed by atoms with van der Waals surface area (Å²) < 4.78 is 99.6. The van der Waals surface area contributed by atoms with Gasteiger partial charge in [0.2, 0.25) is 47.3 Å². The van der Waals surface area contributed by atoms with Gasteiger partial charge in [-0.1, -0.05) is 32.4 Å². The Morgan fingerprint density at radius 3 is 1.24 bits per heavy atom. The molecule has 0 fully saturated rings. The largest absolute Gasteiger partial charge is 0.472 e. The maximum Gasteiger partial charge on any atom is 0.472 e. The van der Waals surface area contributed by atoms with Crippen molar-refractivity contribution in [3.05, 3.63) is 42.0 Å². The summed E-state index contributed by atoms with van der Waals surface area (Å²) >= 11 is 0. The van der Waals surface area contributed by atoms with Crippen molar-refractivity contribution < 1.29 is 198 Å². The number of likely N-dealkylation sites (N-methyl/N-ethyl adjacent to an activating group) is 1. The van der Waals surface area contributed by atoms with Crippen molar-refractivity contribution in [1.82, 2.24) is 52.3 Å². The maximum absolute atomic E-state index is 14.7. The SMILES string of the molecule is CC(C)[C@H](NC(=O)[C@H](CCCCNC(=O)CCOCCOCCOCCOCCOCCOCCOCCOCCOCCOCCOCCOCCN(C[C@H](O)[C@@H](O)[C@H](O)[C@H](O)CO)C[C@H](O)[C@@H](O)[C@H](O)[C@H](O)CO)NC(=O)[C@H](CCCCNC(=O)COCCOCCNC(=O)COP(=O)(O)OCC[N+](C)(C)C)NC(=O)CCCCCN1C(=O)C=CC1=O)C(=O)N[C@@H](CCCNC(N)=O)C(=O)Nc1ccc(CO)cc1. The Balaban J connectivity index is 1.78. The summed E-state index contributed by atoms with van der Waals surface area (Å²) in [6.45, 7) is 7.24. The van der Waals surface area contributed by atoms with Gasteiger partial charge >= 0.3 is 13.9 Å². The summed E-state index contributed by atoms with van der Waals surface area (Å²) in [5.41, 5.74) is 6.20. The zero-order valence-electron chi connectivity index (χ0n) is 85.0. The molecule has 0 saturated carbocycles. The smallest absolute Gasteiger partial charge is 0.394 e. The number of carbonyl (C=O) groups excluding carboxylic acids is 11. The molecule has 2 rings (SSSR count). The number of hydrogen-bond acceptors (Lipinski definition) is 40. The van der Waals surface area contributed by atoms with Gasteiger partial charge in [0.15, 0.2) is 0 Å². The summed E-state index contributed by atoms with van der Waals surface area (Å²) in [5, 5.41) is 133. The van der Waals surface area contributed by atoms with E-state index in [0.29, 0.717) is 153 Å². The Morgan fingerprint density at radius 2 is 0.788 bits per heavy atom. The molecular formula is C92H167N13O40P+. The number of primary amides is 1. The van der Waals surface area contributed by atoms with E-state index in [-0.39, 0.29) is 196 Å². The van der Waals surface area contributed by atoms with Gasteiger partial charge in [-0.2, -0.15) is 0 Å². The van der Waals surface area contributed by atoms with Gasteiger partial charge in [-0.3, -0.25) is 66.8 Å². The zero-order valence-corrected chi connectivity index (χ0v) is 85.9. The highest BCUT2D eigenvalue weighted by atomic mass is 31.2. The Bertz CT molecular complexity index is 3720. The Labute approximate surface area is 853 Å². The van der Waals surface area contributed by atoms with E-state index < -0.39 is 179 Å². The van der Waals surface area contributed by atoms with E-state index in [9.17, 15) is 108 Å². The number of unbranched alkanes of at least 4 members (excludes halogenated alkanes) is 4. The number of rotatable bonds is 97. The molecule has 1 heterocycles. The summed E-state index contributed by atoms with van der Waals surface area (Å²) in [6.07, 6.45) is -9.84. The average Bonchev–Trinajstić information content (AvgIpc) is 1.86. The number of imide groups is 1. The van der Waals surface area contributed by atoms with Gasteiger partial charge in [0.1, 0.15) is 87.2 Å². The third-order valence-corrected chi connectivity index (χ3v) is 22.4. The molecule has 1 aromatic carbocycles. The Morgan fingerprint density at radius 1 is 0.397 bits per heavy atom. The van der Waals surface area contributed by atoms with Gasteiger partial charge in [0.05, 0.1) is 232 Å². The first-order chi connectivity index (χ1) is 69.9. The minimum absolute atomic E-state index is 0.00286. The third kappa shape index (κ3) is 68.8. The number of nitrogens with two attached hydrogens (primary N) is 1. The van der Waals surface area contributed by atoms with E-state index in [1.54, 1.807) is 38.1 Å². The van der Waals surface area contributed by atoms with Crippen LogP contribution < -0.4 is 53.6 Å². The summed E-state index contributed by atoms with van der Waals surface area (Å²) in [4.78, 5) is 157. The number of amides is 12. The van der Waals surface area contributed by atoms with Crippen LogP contribution in [0.1, 0.15) is 103 Å². The molecule has 0 aliphatic carbocycles. The van der Waals surface area contributed by atoms with Gasteiger partial charge in [0.25, 0.3) is 11.8 Å². The van der Waals surface area contributed by atoms with Crippen molar-refractivity contribution in [2.45, 2.75) is 177 Å². The van der Waals surface area contributed by atoms with E-state index in [1.807, 2.05) is 21.1 Å². The monoisotopic (exact) mass is 2130 g/mol. The molecule has 0 radical (unpaired) electrons. The van der Waals surface area contributed by atoms with Crippen molar-refractivity contribution in [2.75, 3.05) is 297 Å². The van der Waals surface area contributed by atoms with Gasteiger partial charge in [0, 0.05) is 83.0 Å². The molecule has 54 heteroatoms. The maximum atomic E-state index is 14.7. The van der Waals surface area contributed by atoms with Gasteiger partial charge in [-0.15, -0.1) is 0 Å². The van der Waals surface area contributed by atoms with Crippen LogP contribution in [0, 0.1) is 5.92 Å². The number of hydrogen-bond donors (Lipinski definition) is 22. The molecule has 23 N–H and O–H groups in total. The van der Waals surface area contributed by atoms with Crippen LogP contribution in [-0.2, 0) is 134 Å². The fourth-order valence-electron chi connectivity index (χ4n) is 13.1. The quantitative estimate of drug-likeness (QED) is 0.0125. The van der Waals surface area contributed by atoms with Gasteiger partial charge in [-0.05, 0) is 87.8 Å². The molecule has 12 amide bonds. The molecular weight excluding hydrogens is 1960 g/mol. The van der Waals surface area contributed by atoms with Crippen LogP contribution >= 0.6 is 7.82 Å². The van der Waals surface area contributed by atoms with Crippen LogP contribution in [0.2, 0.25) is 0 Å². The standard InChI is InChI=1S/C92H166N13O40P/c1-67(2)83(91(126)101-72(16-13-27-97-92(93)127)88(123)98-69-20-18-68(62-106)19-21-69)102-90(125)71(100-89(124)70(99-78(114)17-7-6-12-29-104-81(117)22-23-82(104)118)14-8-11-26-95-79(115)65-143-59-58-131-33-28-96-80(116)66-145-146(128,129)144-35-31-105(3,4)5)15-9-10-25-94-77(113)24-32-130-36-38-133-40-42-135-44-46-137-48-50-139-52-54-141-56-57-142-55-53-140-51-49-138-47-45-136-43-41-134-39-37-132-34-30-103(60-73(109)84(119)86(121)75(111)63-107)61-74(110)85(120)87(122)76(112)64-108/h18-23,67,70-76,83-87,106-112,119-122H,6-17,24-66H2,1-5H3,(H11-,93,94,95,96,97,98,99,100,101,102,113,114,115,116,123,124,125,126,127,128,129)/p+1/t70-,71-,72-,73-,74-,75+,76+,83-,84+,85+,86+,87+/m0/s1. The number of urea groups is 1. The molecule has 13 atom stereocenters. The predicted molar refractivity (Wildman–Crippen MR) is 521 cm³/mol. The van der Waals surface area contributed by atoms with Crippen molar-refractivity contribution in [3.8, 4) is 0 Å². The summed E-state index contributed by atoms with van der Waals surface area (Å²) in [7, 11) is 1.17. The van der Waals surface area contributed by atoms with E-state index in [4.69, 9.17) is 91.3 Å². The molecule has 0 saturated heterocycles. The van der Waals surface area contributed by atoms with Crippen molar-refractivity contribution in [2.24, 2.45) is 11.7 Å². The first-order valence-electron chi connectivity index (χ1n) is 49.4. The molecule has 1 aromatic rings. The highest BCUT2D eigenvalue weighted by molar-refractivity contribution is 7.47. The number of benzene rings is 1. The average molecular weight is 2130 g/mol. The lowest BCUT2D eigenvalue weighted by Crippen LogP contribution is -2.59. The number of phosphoric ester groups is 1. The van der Waals surface area contributed by atoms with Crippen LogP contribution in [0.3, 0.4) is 0 Å². The lowest BCUT2D eigenvalue weighted by molar-refractivity contribution is -0.870. The van der Waals surface area contributed by atoms with Gasteiger partial charge < -0.3 is 185 Å². The van der Waals surface area contributed by atoms with Gasteiger partial charge in [-0.25, -0.2) is 9.36 Å². The fourth-order valence-corrected chi connectivity index (χ4v) is 13.7. The van der Waals surface area contributed by atoms with Crippen LogP contribution in [0.15, 0.2) is 36.4 Å². The number of phosphoric acid groups is 1. The number of anilines is 1. The zero-order chi connectivity index (χ0) is 108. The second-order valence-electron chi connectivity index (χ2n) is 35.0. The topological polar surface area (TPSA) is 736 Å². The number of aliphatic hydroxyl groups is 11.